The topological polar surface area (TPSA) is 175 Å². The van der Waals surface area contributed by atoms with Crippen LogP contribution in [0.2, 0.25) is 0 Å². The summed E-state index contributed by atoms with van der Waals surface area (Å²) in [5.41, 5.74) is 25.0. The van der Waals surface area contributed by atoms with Gasteiger partial charge in [-0.05, 0) is 48.5 Å². The highest BCUT2D eigenvalue weighted by molar-refractivity contribution is 7.91. The van der Waals surface area contributed by atoms with Crippen LogP contribution in [-0.2, 0) is 9.84 Å². The van der Waals surface area contributed by atoms with Gasteiger partial charge in [0.05, 0.1) is 11.4 Å². The lowest BCUT2D eigenvalue weighted by molar-refractivity contribution is 0.419. The molecule has 47 heavy (non-hydrogen) atoms. The summed E-state index contributed by atoms with van der Waals surface area (Å²) in [6.07, 6.45) is 0. The second kappa shape index (κ2) is 13.0. The van der Waals surface area contributed by atoms with Crippen LogP contribution < -0.4 is 41.9 Å². The molecule has 6 aromatic rings. The lowest BCUT2D eigenvalue weighted by Crippen LogP contribution is -2.13. The molecule has 0 fully saturated rings. The second-order valence-corrected chi connectivity index (χ2v) is 12.1. The smallest absolute Gasteiger partial charge is 0.211 e. The van der Waals surface area contributed by atoms with Crippen molar-refractivity contribution in [2.75, 3.05) is 22.9 Å². The van der Waals surface area contributed by atoms with Crippen LogP contribution in [0.25, 0.3) is 0 Å². The molecular weight excluding hydrogens is 616 g/mol. The Hall–Kier alpha value is -6.33. The van der Waals surface area contributed by atoms with E-state index in [2.05, 4.69) is 0 Å². The first-order valence-corrected chi connectivity index (χ1v) is 15.8. The molecule has 6 aromatic carbocycles. The normalized spacial score (nSPS) is 11.1. The van der Waals surface area contributed by atoms with Gasteiger partial charge in [0.15, 0.2) is 23.0 Å². The number of benzene rings is 6. The molecule has 6 rings (SSSR count). The molecule has 0 unspecified atom stereocenters. The Kier molecular flexibility index (Phi) is 8.46. The maximum atomic E-state index is 14.5. The molecule has 11 heteroatoms. The molecule has 8 N–H and O–H groups in total. The van der Waals surface area contributed by atoms with Gasteiger partial charge in [0, 0.05) is 12.1 Å². The minimum absolute atomic E-state index is 0.00154. The van der Waals surface area contributed by atoms with Crippen molar-refractivity contribution in [2.24, 2.45) is 0 Å². The molecule has 0 aliphatic carbocycles. The summed E-state index contributed by atoms with van der Waals surface area (Å²) >= 11 is 0. The van der Waals surface area contributed by atoms with Gasteiger partial charge in [-0.3, -0.25) is 0 Å². The predicted octanol–water partition coefficient (Wildman–Crippen LogP) is 8.02. The van der Waals surface area contributed by atoms with Gasteiger partial charge in [0.25, 0.3) is 0 Å². The third-order valence-electron chi connectivity index (χ3n) is 7.02. The standard InChI is InChI=1S/C36H30N4O6S/c37-31-29(21-27(43-23-13-5-1-6-14-23)35(33(31)39)45-25-17-9-3-10-18-25)47(41,42)30-22-28(44-24-15-7-2-8-16-24)36(34(40)32(30)38)46-26-19-11-4-12-20-26/h1-22H,37-40H2. The van der Waals surface area contributed by atoms with Gasteiger partial charge in [0.1, 0.15) is 44.2 Å². The largest absolute Gasteiger partial charge is 0.453 e. The van der Waals surface area contributed by atoms with Crippen molar-refractivity contribution in [3.8, 4) is 46.0 Å². The van der Waals surface area contributed by atoms with Crippen molar-refractivity contribution in [1.82, 2.24) is 0 Å². The van der Waals surface area contributed by atoms with Gasteiger partial charge in [0.2, 0.25) is 9.84 Å². The van der Waals surface area contributed by atoms with Crippen LogP contribution in [0, 0.1) is 0 Å². The zero-order chi connectivity index (χ0) is 33.0. The SMILES string of the molecule is Nc1c(S(=O)(=O)c2cc(Oc3ccccc3)c(Oc3ccccc3)c(N)c2N)cc(Oc2ccccc2)c(Oc2ccccc2)c1N. The summed E-state index contributed by atoms with van der Waals surface area (Å²) < 4.78 is 53.3. The van der Waals surface area contributed by atoms with Crippen LogP contribution in [0.3, 0.4) is 0 Å². The molecular formula is C36H30N4O6S. The minimum atomic E-state index is -4.54. The molecule has 0 aromatic heterocycles. The molecule has 0 bridgehead atoms. The van der Waals surface area contributed by atoms with Gasteiger partial charge in [-0.2, -0.15) is 0 Å². The number of nitrogen functional groups attached to an aromatic ring is 4. The highest BCUT2D eigenvalue weighted by atomic mass is 32.2. The van der Waals surface area contributed by atoms with Crippen LogP contribution in [0.4, 0.5) is 22.7 Å². The molecule has 0 spiro atoms. The first-order chi connectivity index (χ1) is 22.7. The van der Waals surface area contributed by atoms with E-state index in [9.17, 15) is 8.42 Å². The zero-order valence-electron chi connectivity index (χ0n) is 24.9. The van der Waals surface area contributed by atoms with Crippen LogP contribution in [0.5, 0.6) is 46.0 Å². The number of nitrogens with two attached hydrogens (primary N) is 4. The molecule has 0 saturated heterocycles. The van der Waals surface area contributed by atoms with Crippen molar-refractivity contribution >= 4 is 32.6 Å². The van der Waals surface area contributed by atoms with Gasteiger partial charge in [-0.1, -0.05) is 72.8 Å². The van der Waals surface area contributed by atoms with E-state index in [4.69, 9.17) is 41.9 Å². The number of para-hydroxylation sites is 4. The fourth-order valence-electron chi connectivity index (χ4n) is 4.67. The van der Waals surface area contributed by atoms with Gasteiger partial charge < -0.3 is 41.9 Å². The number of sulfone groups is 1. The number of ether oxygens (including phenoxy) is 4. The number of rotatable bonds is 10. The Morgan fingerprint density at radius 2 is 0.660 bits per heavy atom. The van der Waals surface area contributed by atoms with Gasteiger partial charge in [-0.15, -0.1) is 0 Å². The Morgan fingerprint density at radius 1 is 0.383 bits per heavy atom. The fourth-order valence-corrected chi connectivity index (χ4v) is 6.23. The fraction of sp³-hybridized carbons (Fsp3) is 0. The van der Waals surface area contributed by atoms with E-state index in [1.165, 1.54) is 12.1 Å². The molecule has 0 amide bonds. The van der Waals surface area contributed by atoms with E-state index in [1.807, 2.05) is 24.3 Å². The Balaban J connectivity index is 1.51. The van der Waals surface area contributed by atoms with E-state index in [1.54, 1.807) is 97.1 Å². The van der Waals surface area contributed by atoms with Crippen LogP contribution in [0.1, 0.15) is 0 Å². The van der Waals surface area contributed by atoms with Crippen LogP contribution in [0.15, 0.2) is 143 Å². The van der Waals surface area contributed by atoms with E-state index in [0.29, 0.717) is 23.0 Å². The summed E-state index contributed by atoms with van der Waals surface area (Å²) in [4.78, 5) is -0.760. The summed E-state index contributed by atoms with van der Waals surface area (Å²) in [5, 5.41) is 0. The van der Waals surface area contributed by atoms with Gasteiger partial charge >= 0.3 is 0 Å². The average Bonchev–Trinajstić information content (AvgIpc) is 3.09. The highest BCUT2D eigenvalue weighted by Gasteiger charge is 2.32. The molecule has 0 saturated carbocycles. The Bertz CT molecular complexity index is 1980. The van der Waals surface area contributed by atoms with E-state index in [-0.39, 0.29) is 55.5 Å². The second-order valence-electron chi connectivity index (χ2n) is 10.2. The van der Waals surface area contributed by atoms with Crippen molar-refractivity contribution in [3.63, 3.8) is 0 Å². The summed E-state index contributed by atoms with van der Waals surface area (Å²) in [6.45, 7) is 0. The number of hydrogen-bond donors (Lipinski definition) is 4. The van der Waals surface area contributed by atoms with Crippen molar-refractivity contribution in [1.29, 1.82) is 0 Å². The summed E-state index contributed by atoms with van der Waals surface area (Å²) in [6, 6.07) is 37.6. The molecule has 0 atom stereocenters. The highest BCUT2D eigenvalue weighted by Crippen LogP contribution is 2.50. The van der Waals surface area contributed by atoms with Crippen LogP contribution in [-0.4, -0.2) is 8.42 Å². The summed E-state index contributed by atoms with van der Waals surface area (Å²) in [7, 11) is -4.54. The molecule has 0 radical (unpaired) electrons. The first kappa shape index (κ1) is 30.7. The third kappa shape index (κ3) is 6.42. The average molecular weight is 647 g/mol. The predicted molar refractivity (Wildman–Crippen MR) is 182 cm³/mol. The monoisotopic (exact) mass is 646 g/mol. The van der Waals surface area contributed by atoms with Crippen molar-refractivity contribution < 1.29 is 27.4 Å². The lowest BCUT2D eigenvalue weighted by atomic mass is 10.2. The third-order valence-corrected chi connectivity index (χ3v) is 8.85. The molecule has 236 valence electrons. The lowest BCUT2D eigenvalue weighted by Gasteiger charge is -2.21. The van der Waals surface area contributed by atoms with Gasteiger partial charge in [-0.25, -0.2) is 8.42 Å². The van der Waals surface area contributed by atoms with Crippen molar-refractivity contribution in [3.05, 3.63) is 133 Å². The molecule has 10 nitrogen and oxygen atoms in total. The zero-order valence-corrected chi connectivity index (χ0v) is 25.7. The summed E-state index contributed by atoms with van der Waals surface area (Å²) in [5.74, 6) is 1.74. The molecule has 0 aliphatic rings. The number of hydrogen-bond acceptors (Lipinski definition) is 10. The minimum Gasteiger partial charge on any atom is -0.453 e. The van der Waals surface area contributed by atoms with Crippen LogP contribution >= 0.6 is 0 Å². The van der Waals surface area contributed by atoms with E-state index in [0.717, 1.165) is 0 Å². The first-order valence-electron chi connectivity index (χ1n) is 14.3. The maximum Gasteiger partial charge on any atom is 0.211 e. The van der Waals surface area contributed by atoms with E-state index >= 15 is 0 Å². The maximum absolute atomic E-state index is 14.5. The van der Waals surface area contributed by atoms with E-state index < -0.39 is 9.84 Å². The van der Waals surface area contributed by atoms with Crippen molar-refractivity contribution in [2.45, 2.75) is 9.79 Å². The molecule has 0 aliphatic heterocycles. The quantitative estimate of drug-likeness (QED) is 0.107. The Labute approximate surface area is 271 Å². The molecule has 0 heterocycles. The number of anilines is 4. The Morgan fingerprint density at radius 3 is 0.957 bits per heavy atom.